The van der Waals surface area contributed by atoms with Crippen LogP contribution in [0.3, 0.4) is 0 Å². The number of halogens is 2. The van der Waals surface area contributed by atoms with E-state index in [4.69, 9.17) is 28.9 Å². The second-order valence-corrected chi connectivity index (χ2v) is 6.77. The zero-order valence-corrected chi connectivity index (χ0v) is 12.6. The van der Waals surface area contributed by atoms with Gasteiger partial charge in [-0.15, -0.1) is 0 Å². The molecule has 0 bridgehead atoms. The molecule has 2 aromatic rings. The Morgan fingerprint density at radius 2 is 1.75 bits per heavy atom. The van der Waals surface area contributed by atoms with Crippen molar-refractivity contribution in [3.05, 3.63) is 34.6 Å². The number of aromatic nitrogens is 2. The Hall–Kier alpha value is -1.57. The van der Waals surface area contributed by atoms with E-state index >= 15 is 0 Å². The maximum atomic E-state index is 11.4. The van der Waals surface area contributed by atoms with Gasteiger partial charge in [-0.25, -0.2) is 18.4 Å². The van der Waals surface area contributed by atoms with Crippen molar-refractivity contribution in [3.63, 3.8) is 0 Å². The van der Waals surface area contributed by atoms with Crippen LogP contribution in [0.2, 0.25) is 10.0 Å². The highest BCUT2D eigenvalue weighted by Crippen LogP contribution is 2.32. The standard InChI is InChI=1S/C11H10Cl2N4O2S/c1-20(18,19)10-4-9(15-5-16-10)17-6-2-7(12)11(14)8(13)3-6/h2-5H,14H2,1H3,(H,15,16,17). The molecule has 106 valence electrons. The van der Waals surface area contributed by atoms with Crippen molar-refractivity contribution in [2.45, 2.75) is 5.03 Å². The van der Waals surface area contributed by atoms with Crippen molar-refractivity contribution in [2.24, 2.45) is 0 Å². The molecule has 2 rings (SSSR count). The van der Waals surface area contributed by atoms with E-state index in [0.29, 0.717) is 11.5 Å². The Morgan fingerprint density at radius 3 is 2.30 bits per heavy atom. The fourth-order valence-electron chi connectivity index (χ4n) is 1.41. The number of benzene rings is 1. The SMILES string of the molecule is CS(=O)(=O)c1cc(Nc2cc(Cl)c(N)c(Cl)c2)ncn1. The minimum atomic E-state index is -3.40. The van der Waals surface area contributed by atoms with E-state index < -0.39 is 9.84 Å². The number of hydrogen-bond donors (Lipinski definition) is 2. The molecule has 0 aliphatic carbocycles. The topological polar surface area (TPSA) is 98.0 Å². The monoisotopic (exact) mass is 332 g/mol. The van der Waals surface area contributed by atoms with Crippen LogP contribution in [0.25, 0.3) is 0 Å². The molecule has 9 heteroatoms. The Kier molecular flexibility index (Phi) is 4.03. The maximum absolute atomic E-state index is 11.4. The molecule has 0 amide bonds. The average Bonchev–Trinajstić information content (AvgIpc) is 2.35. The van der Waals surface area contributed by atoms with Crippen LogP contribution in [0.5, 0.6) is 0 Å². The molecular weight excluding hydrogens is 323 g/mol. The molecule has 0 radical (unpaired) electrons. The van der Waals surface area contributed by atoms with Crippen LogP contribution in [0.1, 0.15) is 0 Å². The third-order valence-corrected chi connectivity index (χ3v) is 3.98. The maximum Gasteiger partial charge on any atom is 0.192 e. The molecule has 3 N–H and O–H groups in total. The lowest BCUT2D eigenvalue weighted by atomic mass is 10.3. The molecule has 20 heavy (non-hydrogen) atoms. The molecule has 0 saturated carbocycles. The summed E-state index contributed by atoms with van der Waals surface area (Å²) in [6.07, 6.45) is 2.22. The highest BCUT2D eigenvalue weighted by molar-refractivity contribution is 7.90. The summed E-state index contributed by atoms with van der Waals surface area (Å²) in [4.78, 5) is 7.62. The zero-order valence-electron chi connectivity index (χ0n) is 10.3. The van der Waals surface area contributed by atoms with Crippen LogP contribution in [0, 0.1) is 0 Å². The van der Waals surface area contributed by atoms with E-state index in [-0.39, 0.29) is 20.8 Å². The van der Waals surface area contributed by atoms with Crippen LogP contribution in [-0.2, 0) is 9.84 Å². The first-order valence-corrected chi connectivity index (χ1v) is 7.96. The lowest BCUT2D eigenvalue weighted by Gasteiger charge is -2.09. The molecule has 1 aromatic carbocycles. The second-order valence-electron chi connectivity index (χ2n) is 3.99. The van der Waals surface area contributed by atoms with Crippen LogP contribution < -0.4 is 11.1 Å². The predicted octanol–water partition coefficient (Wildman–Crippen LogP) is 2.51. The number of nitrogens with one attached hydrogen (secondary N) is 1. The molecule has 0 atom stereocenters. The van der Waals surface area contributed by atoms with Gasteiger partial charge < -0.3 is 11.1 Å². The van der Waals surface area contributed by atoms with Gasteiger partial charge in [0, 0.05) is 18.0 Å². The van der Waals surface area contributed by atoms with Gasteiger partial charge in [-0.05, 0) is 12.1 Å². The molecule has 0 spiro atoms. The van der Waals surface area contributed by atoms with Gasteiger partial charge in [-0.3, -0.25) is 0 Å². The molecule has 0 aliphatic heterocycles. The van der Waals surface area contributed by atoms with Crippen molar-refractivity contribution in [2.75, 3.05) is 17.3 Å². The van der Waals surface area contributed by atoms with E-state index in [0.717, 1.165) is 12.6 Å². The molecular formula is C11H10Cl2N4O2S. The Bertz CT molecular complexity index is 742. The normalized spacial score (nSPS) is 11.3. The summed E-state index contributed by atoms with van der Waals surface area (Å²) < 4.78 is 22.8. The van der Waals surface area contributed by atoms with Crippen LogP contribution in [-0.4, -0.2) is 24.6 Å². The number of nitrogens with two attached hydrogens (primary N) is 1. The van der Waals surface area contributed by atoms with E-state index in [1.165, 1.54) is 6.07 Å². The summed E-state index contributed by atoms with van der Waals surface area (Å²) in [6.45, 7) is 0. The van der Waals surface area contributed by atoms with Gasteiger partial charge in [-0.1, -0.05) is 23.2 Å². The molecule has 0 unspecified atom stereocenters. The molecule has 0 aliphatic rings. The van der Waals surface area contributed by atoms with E-state index in [1.807, 2.05) is 0 Å². The molecule has 0 fully saturated rings. The third-order valence-electron chi connectivity index (χ3n) is 2.37. The Morgan fingerprint density at radius 1 is 1.15 bits per heavy atom. The molecule has 1 heterocycles. The minimum Gasteiger partial charge on any atom is -0.396 e. The van der Waals surface area contributed by atoms with Crippen molar-refractivity contribution in [1.82, 2.24) is 9.97 Å². The summed E-state index contributed by atoms with van der Waals surface area (Å²) in [5.74, 6) is 0.303. The fourth-order valence-corrected chi connectivity index (χ4v) is 2.47. The predicted molar refractivity (Wildman–Crippen MR) is 79.3 cm³/mol. The molecule has 1 aromatic heterocycles. The first-order chi connectivity index (χ1) is 9.27. The summed E-state index contributed by atoms with van der Waals surface area (Å²) in [7, 11) is -3.40. The summed E-state index contributed by atoms with van der Waals surface area (Å²) in [5.41, 5.74) is 6.44. The summed E-state index contributed by atoms with van der Waals surface area (Å²) in [5, 5.41) is 3.38. The largest absolute Gasteiger partial charge is 0.396 e. The highest BCUT2D eigenvalue weighted by Gasteiger charge is 2.11. The van der Waals surface area contributed by atoms with Crippen LogP contribution in [0.15, 0.2) is 29.6 Å². The first-order valence-electron chi connectivity index (χ1n) is 5.31. The van der Waals surface area contributed by atoms with Gasteiger partial charge in [0.15, 0.2) is 14.9 Å². The van der Waals surface area contributed by atoms with E-state index in [9.17, 15) is 8.42 Å². The van der Waals surface area contributed by atoms with E-state index in [1.54, 1.807) is 12.1 Å². The number of nitrogen functional groups attached to an aromatic ring is 1. The van der Waals surface area contributed by atoms with Crippen molar-refractivity contribution in [3.8, 4) is 0 Å². The first kappa shape index (κ1) is 14.8. The van der Waals surface area contributed by atoms with Crippen molar-refractivity contribution in [1.29, 1.82) is 0 Å². The molecule has 0 saturated heterocycles. The number of anilines is 3. The van der Waals surface area contributed by atoms with Gasteiger partial charge in [0.2, 0.25) is 0 Å². The highest BCUT2D eigenvalue weighted by atomic mass is 35.5. The van der Waals surface area contributed by atoms with Gasteiger partial charge in [0.05, 0.1) is 15.7 Å². The smallest absolute Gasteiger partial charge is 0.192 e. The second kappa shape index (κ2) is 5.43. The van der Waals surface area contributed by atoms with Gasteiger partial charge in [0.25, 0.3) is 0 Å². The molecule has 6 nitrogen and oxygen atoms in total. The lowest BCUT2D eigenvalue weighted by molar-refractivity contribution is 0.598. The van der Waals surface area contributed by atoms with E-state index in [2.05, 4.69) is 15.3 Å². The van der Waals surface area contributed by atoms with Crippen LogP contribution in [0.4, 0.5) is 17.2 Å². The Labute approximate surface area is 125 Å². The summed E-state index contributed by atoms with van der Waals surface area (Å²) in [6, 6.07) is 4.43. The van der Waals surface area contributed by atoms with Crippen molar-refractivity contribution >= 4 is 50.2 Å². The van der Waals surface area contributed by atoms with Gasteiger partial charge >= 0.3 is 0 Å². The number of sulfone groups is 1. The number of hydrogen-bond acceptors (Lipinski definition) is 6. The summed E-state index contributed by atoms with van der Waals surface area (Å²) >= 11 is 11.8. The quantitative estimate of drug-likeness (QED) is 0.661. The number of nitrogens with zero attached hydrogens (tertiary/aromatic N) is 2. The zero-order chi connectivity index (χ0) is 14.9. The fraction of sp³-hybridized carbons (Fsp3) is 0.0909. The third kappa shape index (κ3) is 3.30. The van der Waals surface area contributed by atoms with Crippen molar-refractivity contribution < 1.29 is 8.42 Å². The minimum absolute atomic E-state index is 0.0809. The van der Waals surface area contributed by atoms with Gasteiger partial charge in [0.1, 0.15) is 12.1 Å². The number of rotatable bonds is 3. The van der Waals surface area contributed by atoms with Crippen LogP contribution >= 0.6 is 23.2 Å². The lowest BCUT2D eigenvalue weighted by Crippen LogP contribution is -2.03. The Balaban J connectivity index is 2.36. The van der Waals surface area contributed by atoms with Gasteiger partial charge in [-0.2, -0.15) is 0 Å². The average molecular weight is 333 g/mol.